The minimum absolute atomic E-state index is 0.0199. The predicted molar refractivity (Wildman–Crippen MR) is 131 cm³/mol. The molecule has 3 aromatic rings. The summed E-state index contributed by atoms with van der Waals surface area (Å²) in [6, 6.07) is 14.3. The SMILES string of the molecule is CCCOc1ccc(C2/C(=C(\O)c3ccc(Cl)cc3)C(=O)C(=O)N2Cc2ccco2)cc1OCC. The van der Waals surface area contributed by atoms with Gasteiger partial charge in [-0.1, -0.05) is 24.6 Å². The van der Waals surface area contributed by atoms with Crippen molar-refractivity contribution >= 4 is 29.1 Å². The van der Waals surface area contributed by atoms with Crippen LogP contribution in [0, 0.1) is 0 Å². The first-order valence-electron chi connectivity index (χ1n) is 11.4. The van der Waals surface area contributed by atoms with Crippen molar-refractivity contribution in [2.75, 3.05) is 13.2 Å². The van der Waals surface area contributed by atoms with Gasteiger partial charge in [0.2, 0.25) is 0 Å². The van der Waals surface area contributed by atoms with Crippen LogP contribution in [0.1, 0.15) is 43.2 Å². The average Bonchev–Trinajstić information content (AvgIpc) is 3.46. The third kappa shape index (κ3) is 5.05. The standard InChI is InChI=1S/C27H26ClNO6/c1-3-13-35-21-12-9-18(15-22(21)33-4-2)24-23(25(30)17-7-10-19(28)11-8-17)26(31)27(32)29(24)16-20-6-5-14-34-20/h5-12,14-15,24,30H,3-4,13,16H2,1-2H3/b25-23+. The molecule has 0 aliphatic carbocycles. The molecule has 1 aromatic heterocycles. The molecule has 0 radical (unpaired) electrons. The summed E-state index contributed by atoms with van der Waals surface area (Å²) in [6.45, 7) is 4.85. The minimum atomic E-state index is -0.866. The molecular formula is C27H26ClNO6. The number of benzene rings is 2. The summed E-state index contributed by atoms with van der Waals surface area (Å²) < 4.78 is 17.0. The average molecular weight is 496 g/mol. The number of carbonyl (C=O) groups is 2. The minimum Gasteiger partial charge on any atom is -0.507 e. The molecule has 1 fully saturated rings. The third-order valence-corrected chi connectivity index (χ3v) is 5.86. The van der Waals surface area contributed by atoms with Crippen LogP contribution >= 0.6 is 11.6 Å². The van der Waals surface area contributed by atoms with E-state index in [1.807, 2.05) is 13.8 Å². The van der Waals surface area contributed by atoms with E-state index in [0.29, 0.717) is 46.6 Å². The topological polar surface area (TPSA) is 89.2 Å². The van der Waals surface area contributed by atoms with Crippen molar-refractivity contribution in [3.05, 3.63) is 88.3 Å². The van der Waals surface area contributed by atoms with Crippen LogP contribution in [0.15, 0.2) is 70.9 Å². The van der Waals surface area contributed by atoms with E-state index in [1.165, 1.54) is 11.2 Å². The molecule has 7 nitrogen and oxygen atoms in total. The summed E-state index contributed by atoms with van der Waals surface area (Å²) in [5, 5.41) is 11.7. The number of ether oxygens (including phenoxy) is 2. The number of hydrogen-bond acceptors (Lipinski definition) is 6. The van der Waals surface area contributed by atoms with Gasteiger partial charge in [-0.3, -0.25) is 9.59 Å². The molecule has 0 saturated carbocycles. The first kappa shape index (κ1) is 24.4. The summed E-state index contributed by atoms with van der Waals surface area (Å²) in [6.07, 6.45) is 2.33. The Kier molecular flexibility index (Phi) is 7.46. The van der Waals surface area contributed by atoms with Gasteiger partial charge in [-0.2, -0.15) is 0 Å². The monoisotopic (exact) mass is 495 g/mol. The molecule has 1 N–H and O–H groups in total. The van der Waals surface area contributed by atoms with E-state index in [1.54, 1.807) is 54.6 Å². The first-order valence-corrected chi connectivity index (χ1v) is 11.8. The van der Waals surface area contributed by atoms with Crippen LogP contribution < -0.4 is 9.47 Å². The maximum absolute atomic E-state index is 13.2. The van der Waals surface area contributed by atoms with Crippen molar-refractivity contribution in [2.45, 2.75) is 32.9 Å². The number of aliphatic hydroxyl groups is 1. The zero-order chi connectivity index (χ0) is 24.9. The third-order valence-electron chi connectivity index (χ3n) is 5.61. The van der Waals surface area contributed by atoms with Crippen LogP contribution in [0.3, 0.4) is 0 Å². The number of halogens is 1. The molecule has 2 aromatic carbocycles. The number of Topliss-reactive ketones (excluding diaryl/α,β-unsaturated/α-hetero) is 1. The van der Waals surface area contributed by atoms with Crippen LogP contribution in [-0.2, 0) is 16.1 Å². The highest BCUT2D eigenvalue weighted by Gasteiger charge is 2.46. The van der Waals surface area contributed by atoms with E-state index in [2.05, 4.69) is 0 Å². The van der Waals surface area contributed by atoms with Gasteiger partial charge in [0.25, 0.3) is 11.7 Å². The maximum Gasteiger partial charge on any atom is 0.296 e. The number of carbonyl (C=O) groups excluding carboxylic acids is 2. The van der Waals surface area contributed by atoms with Gasteiger partial charge in [0, 0.05) is 10.6 Å². The Morgan fingerprint density at radius 2 is 1.83 bits per heavy atom. The van der Waals surface area contributed by atoms with Crippen molar-refractivity contribution in [3.8, 4) is 11.5 Å². The summed E-state index contributed by atoms with van der Waals surface area (Å²) in [5.41, 5.74) is 0.954. The Bertz CT molecular complexity index is 1230. The molecule has 2 heterocycles. The van der Waals surface area contributed by atoms with Gasteiger partial charge >= 0.3 is 0 Å². The number of furan rings is 1. The van der Waals surface area contributed by atoms with Gasteiger partial charge in [0.05, 0.1) is 37.6 Å². The quantitative estimate of drug-likeness (QED) is 0.231. The van der Waals surface area contributed by atoms with Gasteiger partial charge in [-0.15, -0.1) is 0 Å². The van der Waals surface area contributed by atoms with Crippen LogP contribution in [0.2, 0.25) is 5.02 Å². The van der Waals surface area contributed by atoms with E-state index < -0.39 is 17.7 Å². The number of rotatable bonds is 9. The van der Waals surface area contributed by atoms with Gasteiger partial charge < -0.3 is 23.9 Å². The molecule has 0 bridgehead atoms. The summed E-state index contributed by atoms with van der Waals surface area (Å²) in [4.78, 5) is 27.7. The van der Waals surface area contributed by atoms with Crippen LogP contribution in [-0.4, -0.2) is 34.9 Å². The Morgan fingerprint density at radius 1 is 1.06 bits per heavy atom. The van der Waals surface area contributed by atoms with Crippen LogP contribution in [0.25, 0.3) is 5.76 Å². The molecule has 4 rings (SSSR count). The highest BCUT2D eigenvalue weighted by molar-refractivity contribution is 6.46. The Labute approximate surface area is 208 Å². The Balaban J connectivity index is 1.85. The molecule has 1 saturated heterocycles. The molecule has 1 aliphatic heterocycles. The van der Waals surface area contributed by atoms with E-state index >= 15 is 0 Å². The molecule has 35 heavy (non-hydrogen) atoms. The second-order valence-electron chi connectivity index (χ2n) is 8.00. The lowest BCUT2D eigenvalue weighted by Gasteiger charge is -2.25. The molecule has 1 atom stereocenters. The van der Waals surface area contributed by atoms with Crippen LogP contribution in [0.4, 0.5) is 0 Å². The molecule has 182 valence electrons. The van der Waals surface area contributed by atoms with Crippen molar-refractivity contribution in [3.63, 3.8) is 0 Å². The lowest BCUT2D eigenvalue weighted by atomic mass is 9.95. The molecule has 1 amide bonds. The zero-order valence-corrected chi connectivity index (χ0v) is 20.2. The lowest BCUT2D eigenvalue weighted by molar-refractivity contribution is -0.140. The van der Waals surface area contributed by atoms with E-state index in [0.717, 1.165) is 6.42 Å². The molecule has 8 heteroatoms. The number of ketones is 1. The fourth-order valence-corrected chi connectivity index (χ4v) is 4.14. The molecule has 1 unspecified atom stereocenters. The van der Waals surface area contributed by atoms with Crippen molar-refractivity contribution < 1.29 is 28.6 Å². The van der Waals surface area contributed by atoms with Gasteiger partial charge in [-0.05, 0) is 67.4 Å². The summed E-state index contributed by atoms with van der Waals surface area (Å²) in [5.74, 6) is -0.219. The number of amides is 1. The summed E-state index contributed by atoms with van der Waals surface area (Å²) in [7, 11) is 0. The van der Waals surface area contributed by atoms with Crippen molar-refractivity contribution in [2.24, 2.45) is 0 Å². The van der Waals surface area contributed by atoms with Crippen molar-refractivity contribution in [1.82, 2.24) is 4.90 Å². The maximum atomic E-state index is 13.2. The van der Waals surface area contributed by atoms with E-state index in [4.69, 9.17) is 25.5 Å². The van der Waals surface area contributed by atoms with E-state index in [9.17, 15) is 14.7 Å². The van der Waals surface area contributed by atoms with Gasteiger partial charge in [0.1, 0.15) is 11.5 Å². The predicted octanol–water partition coefficient (Wildman–Crippen LogP) is 5.74. The highest BCUT2D eigenvalue weighted by atomic mass is 35.5. The Hall–Kier alpha value is -3.71. The molecule has 0 spiro atoms. The smallest absolute Gasteiger partial charge is 0.296 e. The van der Waals surface area contributed by atoms with Crippen molar-refractivity contribution in [1.29, 1.82) is 0 Å². The molecule has 1 aliphatic rings. The fraction of sp³-hybridized carbons (Fsp3) is 0.259. The number of hydrogen-bond donors (Lipinski definition) is 1. The highest BCUT2D eigenvalue weighted by Crippen LogP contribution is 2.43. The lowest BCUT2D eigenvalue weighted by Crippen LogP contribution is -2.29. The second kappa shape index (κ2) is 10.7. The fourth-order valence-electron chi connectivity index (χ4n) is 4.02. The zero-order valence-electron chi connectivity index (χ0n) is 19.5. The largest absolute Gasteiger partial charge is 0.507 e. The number of nitrogens with zero attached hydrogens (tertiary/aromatic N) is 1. The first-order chi connectivity index (χ1) is 16.9. The van der Waals surface area contributed by atoms with Gasteiger partial charge in [0.15, 0.2) is 11.5 Å². The number of likely N-dealkylation sites (tertiary alicyclic amines) is 1. The summed E-state index contributed by atoms with van der Waals surface area (Å²) >= 11 is 5.99. The second-order valence-corrected chi connectivity index (χ2v) is 8.44. The van der Waals surface area contributed by atoms with Crippen LogP contribution in [0.5, 0.6) is 11.5 Å². The Morgan fingerprint density at radius 3 is 2.49 bits per heavy atom. The number of aliphatic hydroxyl groups excluding tert-OH is 1. The van der Waals surface area contributed by atoms with E-state index in [-0.39, 0.29) is 17.9 Å². The molecular weight excluding hydrogens is 470 g/mol. The van der Waals surface area contributed by atoms with Gasteiger partial charge in [-0.25, -0.2) is 0 Å². The normalized spacial score (nSPS) is 17.1.